The molecular weight excluding hydrogens is 476 g/mol. The van der Waals surface area contributed by atoms with Crippen LogP contribution in [0.2, 0.25) is 0 Å². The topological polar surface area (TPSA) is 84.5 Å². The molecule has 38 heavy (non-hydrogen) atoms. The van der Waals surface area contributed by atoms with E-state index in [2.05, 4.69) is 44.4 Å². The Bertz CT molecular complexity index is 961. The number of carbonyl (C=O) groups excluding carboxylic acids is 3. The number of ether oxygens (including phenoxy) is 1. The van der Waals surface area contributed by atoms with Gasteiger partial charge in [0, 0.05) is 14.0 Å². The van der Waals surface area contributed by atoms with Crippen molar-refractivity contribution in [2.75, 3.05) is 13.6 Å². The van der Waals surface area contributed by atoms with E-state index in [1.807, 2.05) is 6.92 Å². The highest BCUT2D eigenvalue weighted by atomic mass is 16.5. The number of rotatable bonds is 7. The van der Waals surface area contributed by atoms with E-state index in [1.165, 1.54) is 26.2 Å². The molecule has 4 rings (SSSR count). The lowest BCUT2D eigenvalue weighted by Gasteiger charge is -2.64. The van der Waals surface area contributed by atoms with Gasteiger partial charge < -0.3 is 15.4 Å². The first-order valence-corrected chi connectivity index (χ1v) is 15.2. The zero-order valence-electron chi connectivity index (χ0n) is 25.0. The summed E-state index contributed by atoms with van der Waals surface area (Å²) in [7, 11) is 1.61. The van der Waals surface area contributed by atoms with Gasteiger partial charge in [-0.3, -0.25) is 14.4 Å². The predicted molar refractivity (Wildman–Crippen MR) is 150 cm³/mol. The van der Waals surface area contributed by atoms with Crippen molar-refractivity contribution in [2.24, 2.45) is 45.8 Å². The average Bonchev–Trinajstić information content (AvgIpc) is 2.87. The third-order valence-corrected chi connectivity index (χ3v) is 11.9. The van der Waals surface area contributed by atoms with Gasteiger partial charge in [0.1, 0.15) is 0 Å². The molecule has 0 spiro atoms. The molecule has 0 aliphatic heterocycles. The molecule has 9 atom stereocenters. The molecule has 3 saturated carbocycles. The first-order chi connectivity index (χ1) is 17.9. The minimum absolute atomic E-state index is 0.0499. The molecule has 0 aromatic rings. The zero-order chi connectivity index (χ0) is 27.9. The lowest BCUT2D eigenvalue weighted by molar-refractivity contribution is -0.149. The van der Waals surface area contributed by atoms with Crippen LogP contribution in [-0.2, 0) is 19.1 Å². The second kappa shape index (κ2) is 11.0. The van der Waals surface area contributed by atoms with Crippen LogP contribution in [0.1, 0.15) is 106 Å². The number of allylic oxidation sites excluding steroid dienone is 2. The Hall–Kier alpha value is -1.85. The van der Waals surface area contributed by atoms with E-state index < -0.39 is 0 Å². The van der Waals surface area contributed by atoms with Gasteiger partial charge in [0.05, 0.1) is 18.1 Å². The number of esters is 1. The summed E-state index contributed by atoms with van der Waals surface area (Å²) >= 11 is 0. The Morgan fingerprint density at radius 2 is 1.84 bits per heavy atom. The quantitative estimate of drug-likeness (QED) is 0.323. The maximum Gasteiger partial charge on any atom is 0.302 e. The van der Waals surface area contributed by atoms with Crippen LogP contribution in [0.5, 0.6) is 0 Å². The van der Waals surface area contributed by atoms with Crippen LogP contribution in [0.25, 0.3) is 0 Å². The highest BCUT2D eigenvalue weighted by Crippen LogP contribution is 2.68. The second-order valence-corrected chi connectivity index (χ2v) is 13.9. The lowest BCUT2D eigenvalue weighted by atomic mass is 9.40. The number of carbonyl (C=O) groups is 3. The van der Waals surface area contributed by atoms with E-state index in [-0.39, 0.29) is 52.6 Å². The highest BCUT2D eigenvalue weighted by molar-refractivity contribution is 5.88. The summed E-state index contributed by atoms with van der Waals surface area (Å²) in [5.74, 6) is 2.23. The van der Waals surface area contributed by atoms with Gasteiger partial charge in [-0.2, -0.15) is 0 Å². The van der Waals surface area contributed by atoms with Gasteiger partial charge in [-0.1, -0.05) is 52.2 Å². The van der Waals surface area contributed by atoms with E-state index in [9.17, 15) is 14.4 Å². The number of hydrogen-bond donors (Lipinski definition) is 2. The summed E-state index contributed by atoms with van der Waals surface area (Å²) in [6, 6.07) is 0. The number of likely N-dealkylation sites (N-methyl/N-ethyl adjacent to an activating group) is 1. The zero-order valence-corrected chi connectivity index (χ0v) is 25.0. The smallest absolute Gasteiger partial charge is 0.302 e. The minimum Gasteiger partial charge on any atom is -0.463 e. The fraction of sp³-hybridized carbons (Fsp3) is 0.844. The Morgan fingerprint density at radius 1 is 1.11 bits per heavy atom. The number of fused-ring (bicyclic) bond motifs is 5. The molecule has 0 aromatic carbocycles. The molecule has 4 aliphatic carbocycles. The van der Waals surface area contributed by atoms with Crippen molar-refractivity contribution >= 4 is 17.8 Å². The monoisotopic (exact) mass is 528 g/mol. The molecule has 0 aromatic heterocycles. The molecule has 0 saturated heterocycles. The van der Waals surface area contributed by atoms with Gasteiger partial charge in [-0.25, -0.2) is 0 Å². The Balaban J connectivity index is 1.63. The van der Waals surface area contributed by atoms with Gasteiger partial charge in [0.2, 0.25) is 11.8 Å². The van der Waals surface area contributed by atoms with Crippen molar-refractivity contribution in [2.45, 2.75) is 112 Å². The van der Waals surface area contributed by atoms with Crippen LogP contribution in [0, 0.1) is 45.8 Å². The van der Waals surface area contributed by atoms with Crippen molar-refractivity contribution in [1.82, 2.24) is 10.6 Å². The van der Waals surface area contributed by atoms with E-state index in [0.29, 0.717) is 23.7 Å². The van der Waals surface area contributed by atoms with Gasteiger partial charge in [-0.05, 0) is 98.7 Å². The second-order valence-electron chi connectivity index (χ2n) is 13.9. The molecule has 0 radical (unpaired) electrons. The molecule has 6 heteroatoms. The molecule has 0 heterocycles. The van der Waals surface area contributed by atoms with Gasteiger partial charge in [0.15, 0.2) is 0 Å². The largest absolute Gasteiger partial charge is 0.463 e. The van der Waals surface area contributed by atoms with Gasteiger partial charge >= 0.3 is 5.97 Å². The summed E-state index contributed by atoms with van der Waals surface area (Å²) in [5, 5.41) is 5.65. The van der Waals surface area contributed by atoms with Crippen LogP contribution in [0.15, 0.2) is 11.6 Å². The van der Waals surface area contributed by atoms with Gasteiger partial charge in [0.25, 0.3) is 0 Å². The van der Waals surface area contributed by atoms with E-state index in [1.54, 1.807) is 12.6 Å². The maximum atomic E-state index is 13.8. The minimum atomic E-state index is -0.387. The summed E-state index contributed by atoms with van der Waals surface area (Å²) in [4.78, 5) is 37.2. The van der Waals surface area contributed by atoms with Crippen LogP contribution in [0.4, 0.5) is 0 Å². The van der Waals surface area contributed by atoms with Crippen molar-refractivity contribution in [3.63, 3.8) is 0 Å². The van der Waals surface area contributed by atoms with Crippen molar-refractivity contribution in [1.29, 1.82) is 0 Å². The number of hydrogen-bond acceptors (Lipinski definition) is 4. The first kappa shape index (κ1) is 29.1. The predicted octanol–water partition coefficient (Wildman–Crippen LogP) is 5.80. The van der Waals surface area contributed by atoms with Crippen LogP contribution < -0.4 is 10.6 Å². The molecule has 3 fully saturated rings. The van der Waals surface area contributed by atoms with Crippen LogP contribution in [-0.4, -0.2) is 37.5 Å². The van der Waals surface area contributed by atoms with E-state index >= 15 is 0 Å². The summed E-state index contributed by atoms with van der Waals surface area (Å²) in [6.07, 6.45) is 13.2. The Morgan fingerprint density at radius 3 is 2.53 bits per heavy atom. The van der Waals surface area contributed by atoms with Crippen molar-refractivity contribution < 1.29 is 19.1 Å². The Kier molecular flexibility index (Phi) is 8.41. The van der Waals surface area contributed by atoms with E-state index in [0.717, 1.165) is 44.9 Å². The SMILES string of the molecule is CNC(=O)CNC(=O)C12CCCC(C)C1C1=CCC3C(C)(CCC(C)OC(C)=O)C(C)CCC3(C)C1CC2. The molecule has 214 valence electrons. The molecule has 6 nitrogen and oxygen atoms in total. The number of amides is 2. The molecule has 4 aliphatic rings. The molecule has 0 bridgehead atoms. The molecular formula is C32H52N2O4. The molecule has 2 amide bonds. The summed E-state index contributed by atoms with van der Waals surface area (Å²) in [6.45, 7) is 13.4. The third-order valence-electron chi connectivity index (χ3n) is 11.9. The van der Waals surface area contributed by atoms with E-state index in [4.69, 9.17) is 4.74 Å². The summed E-state index contributed by atoms with van der Waals surface area (Å²) < 4.78 is 5.50. The maximum absolute atomic E-state index is 13.8. The number of nitrogens with one attached hydrogen (secondary N) is 2. The standard InChI is InChI=1S/C32H52N2O4/c1-20-9-8-15-32(29(37)34-19-27(36)33-7)18-14-25-24(28(20)32)10-11-26-30(5,17-13-22(3)38-23(4)35)21(2)12-16-31(25,26)6/h10,20-22,25-26,28H,8-9,11-19H2,1-7H3,(H,33,36)(H,34,37). The average molecular weight is 529 g/mol. The lowest BCUT2D eigenvalue weighted by Crippen LogP contribution is -2.59. The fourth-order valence-corrected chi connectivity index (χ4v) is 9.71. The van der Waals surface area contributed by atoms with Crippen molar-refractivity contribution in [3.05, 3.63) is 11.6 Å². The van der Waals surface area contributed by atoms with Crippen LogP contribution in [0.3, 0.4) is 0 Å². The molecule has 2 N–H and O–H groups in total. The normalized spacial score (nSPS) is 40.9. The fourth-order valence-electron chi connectivity index (χ4n) is 9.71. The Labute approximate surface area is 230 Å². The first-order valence-electron chi connectivity index (χ1n) is 15.2. The van der Waals surface area contributed by atoms with Crippen molar-refractivity contribution in [3.8, 4) is 0 Å². The highest BCUT2D eigenvalue weighted by Gasteiger charge is 2.62. The molecule has 9 unspecified atom stereocenters. The van der Waals surface area contributed by atoms with Gasteiger partial charge in [-0.15, -0.1) is 0 Å². The summed E-state index contributed by atoms with van der Waals surface area (Å²) in [5.41, 5.74) is 1.59. The van der Waals surface area contributed by atoms with Crippen LogP contribution >= 0.6 is 0 Å². The third kappa shape index (κ3) is 4.94.